The normalized spacial score (nSPS) is 26.4. The molecule has 1 aliphatic carbocycles. The highest BCUT2D eigenvalue weighted by molar-refractivity contribution is 7.99. The van der Waals surface area contributed by atoms with E-state index in [4.69, 9.17) is 0 Å². The first-order valence-corrected chi connectivity index (χ1v) is 5.99. The minimum Gasteiger partial charge on any atom is -0.357 e. The molecule has 14 heavy (non-hydrogen) atoms. The van der Waals surface area contributed by atoms with Crippen molar-refractivity contribution < 1.29 is 9.59 Å². The van der Waals surface area contributed by atoms with Gasteiger partial charge in [-0.3, -0.25) is 9.59 Å². The Bertz CT molecular complexity index is 266. The van der Waals surface area contributed by atoms with E-state index < -0.39 is 0 Å². The predicted molar refractivity (Wildman–Crippen MR) is 54.7 cm³/mol. The van der Waals surface area contributed by atoms with Gasteiger partial charge in [0.25, 0.3) is 0 Å². The van der Waals surface area contributed by atoms with Crippen molar-refractivity contribution in [3.8, 4) is 0 Å². The summed E-state index contributed by atoms with van der Waals surface area (Å²) in [5, 5.41) is 2.60. The minimum atomic E-state index is -0.238. The van der Waals surface area contributed by atoms with E-state index in [1.165, 1.54) is 0 Å². The van der Waals surface area contributed by atoms with Crippen LogP contribution in [-0.2, 0) is 9.59 Å². The number of hydrogen-bond acceptors (Lipinski definition) is 3. The quantitative estimate of drug-likeness (QED) is 0.706. The lowest BCUT2D eigenvalue weighted by atomic mass is 10.2. The maximum absolute atomic E-state index is 11.8. The number of carbonyl (C=O) groups is 2. The molecule has 1 atom stereocenters. The van der Waals surface area contributed by atoms with Crippen LogP contribution < -0.4 is 5.32 Å². The second-order valence-electron chi connectivity index (χ2n) is 3.71. The fourth-order valence-electron chi connectivity index (χ4n) is 1.61. The van der Waals surface area contributed by atoms with Crippen LogP contribution in [0.15, 0.2) is 0 Å². The van der Waals surface area contributed by atoms with Gasteiger partial charge in [0.2, 0.25) is 11.8 Å². The Kier molecular flexibility index (Phi) is 2.67. The van der Waals surface area contributed by atoms with Crippen LogP contribution in [0.3, 0.4) is 0 Å². The summed E-state index contributed by atoms with van der Waals surface area (Å²) in [4.78, 5) is 24.9. The Balaban J connectivity index is 2.02. The van der Waals surface area contributed by atoms with E-state index in [9.17, 15) is 9.59 Å². The summed E-state index contributed by atoms with van der Waals surface area (Å²) >= 11 is 1.65. The number of thioether (sulfide) groups is 1. The molecule has 1 aliphatic heterocycles. The molecule has 1 heterocycles. The number of amides is 2. The smallest absolute Gasteiger partial charge is 0.243 e. The molecule has 2 rings (SSSR count). The van der Waals surface area contributed by atoms with Gasteiger partial charge in [0.1, 0.15) is 6.04 Å². The number of nitrogens with zero attached hydrogens (tertiary/aromatic N) is 1. The SMILES string of the molecule is CNC(=O)C1CSCN1C(=O)C1CC1. The minimum absolute atomic E-state index is 0.0380. The van der Waals surface area contributed by atoms with Crippen molar-refractivity contribution in [3.63, 3.8) is 0 Å². The molecule has 2 fully saturated rings. The number of likely N-dealkylation sites (N-methyl/N-ethyl adjacent to an activating group) is 1. The lowest BCUT2D eigenvalue weighted by Crippen LogP contribution is -2.46. The summed E-state index contributed by atoms with van der Waals surface area (Å²) in [6.07, 6.45) is 2.00. The second-order valence-corrected chi connectivity index (χ2v) is 4.71. The molecule has 0 aromatic rings. The molecule has 2 aliphatic rings. The summed E-state index contributed by atoms with van der Waals surface area (Å²) < 4.78 is 0. The summed E-state index contributed by atoms with van der Waals surface area (Å²) in [6, 6.07) is -0.238. The molecule has 4 nitrogen and oxygen atoms in total. The van der Waals surface area contributed by atoms with Crippen LogP contribution in [0.1, 0.15) is 12.8 Å². The van der Waals surface area contributed by atoms with Crippen molar-refractivity contribution in [2.45, 2.75) is 18.9 Å². The number of nitrogens with one attached hydrogen (secondary N) is 1. The zero-order chi connectivity index (χ0) is 10.1. The van der Waals surface area contributed by atoms with Crippen molar-refractivity contribution in [1.82, 2.24) is 10.2 Å². The van der Waals surface area contributed by atoms with Gasteiger partial charge in [0.15, 0.2) is 0 Å². The van der Waals surface area contributed by atoms with Crippen LogP contribution in [-0.4, -0.2) is 41.4 Å². The van der Waals surface area contributed by atoms with Gasteiger partial charge in [0.05, 0.1) is 5.88 Å². The van der Waals surface area contributed by atoms with E-state index in [2.05, 4.69) is 5.32 Å². The molecule has 1 saturated carbocycles. The van der Waals surface area contributed by atoms with Crippen LogP contribution in [0.5, 0.6) is 0 Å². The molecule has 78 valence electrons. The highest BCUT2D eigenvalue weighted by Crippen LogP contribution is 2.34. The first-order chi connectivity index (χ1) is 6.74. The van der Waals surface area contributed by atoms with Crippen LogP contribution in [0.2, 0.25) is 0 Å². The summed E-state index contributed by atoms with van der Waals surface area (Å²) in [6.45, 7) is 0. The fraction of sp³-hybridized carbons (Fsp3) is 0.778. The third-order valence-electron chi connectivity index (χ3n) is 2.64. The standard InChI is InChI=1S/C9H14N2O2S/c1-10-8(12)7-4-14-5-11(7)9(13)6-2-3-6/h6-7H,2-5H2,1H3,(H,10,12). The van der Waals surface area contributed by atoms with E-state index in [0.29, 0.717) is 5.88 Å². The summed E-state index contributed by atoms with van der Waals surface area (Å²) in [7, 11) is 1.62. The van der Waals surface area contributed by atoms with Gasteiger partial charge < -0.3 is 10.2 Å². The molecule has 0 aromatic heterocycles. The van der Waals surface area contributed by atoms with Crippen LogP contribution in [0.25, 0.3) is 0 Å². The largest absolute Gasteiger partial charge is 0.357 e. The van der Waals surface area contributed by atoms with Gasteiger partial charge in [-0.05, 0) is 12.8 Å². The Morgan fingerprint density at radius 3 is 2.71 bits per heavy atom. The molecule has 0 radical (unpaired) electrons. The highest BCUT2D eigenvalue weighted by atomic mass is 32.2. The van der Waals surface area contributed by atoms with Crippen molar-refractivity contribution >= 4 is 23.6 Å². The van der Waals surface area contributed by atoms with Gasteiger partial charge in [0, 0.05) is 18.7 Å². The zero-order valence-electron chi connectivity index (χ0n) is 8.16. The van der Waals surface area contributed by atoms with Crippen LogP contribution in [0, 0.1) is 5.92 Å². The summed E-state index contributed by atoms with van der Waals surface area (Å²) in [5.74, 6) is 1.75. The topological polar surface area (TPSA) is 49.4 Å². The lowest BCUT2D eigenvalue weighted by molar-refractivity contribution is -0.138. The number of carbonyl (C=O) groups excluding carboxylic acids is 2. The molecule has 1 saturated heterocycles. The van der Waals surface area contributed by atoms with Gasteiger partial charge >= 0.3 is 0 Å². The maximum atomic E-state index is 11.8. The van der Waals surface area contributed by atoms with E-state index in [1.807, 2.05) is 0 Å². The maximum Gasteiger partial charge on any atom is 0.243 e. The molecule has 0 aromatic carbocycles. The number of rotatable bonds is 2. The van der Waals surface area contributed by atoms with Crippen molar-refractivity contribution in [1.29, 1.82) is 0 Å². The van der Waals surface area contributed by atoms with E-state index in [-0.39, 0.29) is 23.8 Å². The third-order valence-corrected chi connectivity index (χ3v) is 3.65. The van der Waals surface area contributed by atoms with Gasteiger partial charge in [-0.15, -0.1) is 11.8 Å². The molecular formula is C9H14N2O2S. The highest BCUT2D eigenvalue weighted by Gasteiger charge is 2.40. The molecule has 0 spiro atoms. The van der Waals surface area contributed by atoms with E-state index >= 15 is 0 Å². The average Bonchev–Trinajstić information content (AvgIpc) is 2.93. The Hall–Kier alpha value is -0.710. The van der Waals surface area contributed by atoms with Crippen molar-refractivity contribution in [2.75, 3.05) is 18.7 Å². The van der Waals surface area contributed by atoms with Crippen molar-refractivity contribution in [2.24, 2.45) is 5.92 Å². The first kappa shape index (κ1) is 9.83. The zero-order valence-corrected chi connectivity index (χ0v) is 8.97. The predicted octanol–water partition coefficient (Wildman–Crippen LogP) is 0.0439. The lowest BCUT2D eigenvalue weighted by Gasteiger charge is -2.22. The Morgan fingerprint density at radius 1 is 1.43 bits per heavy atom. The summed E-state index contributed by atoms with van der Waals surface area (Å²) in [5.41, 5.74) is 0. The monoisotopic (exact) mass is 214 g/mol. The molecule has 2 amide bonds. The van der Waals surface area contributed by atoms with Gasteiger partial charge in [-0.25, -0.2) is 0 Å². The van der Waals surface area contributed by atoms with Crippen molar-refractivity contribution in [3.05, 3.63) is 0 Å². The Labute approximate surface area is 87.4 Å². The number of hydrogen-bond donors (Lipinski definition) is 1. The average molecular weight is 214 g/mol. The van der Waals surface area contributed by atoms with E-state index in [0.717, 1.165) is 18.6 Å². The Morgan fingerprint density at radius 2 is 2.14 bits per heavy atom. The van der Waals surface area contributed by atoms with Crippen LogP contribution in [0.4, 0.5) is 0 Å². The molecule has 5 heteroatoms. The van der Waals surface area contributed by atoms with Gasteiger partial charge in [-0.2, -0.15) is 0 Å². The molecule has 1 N–H and O–H groups in total. The van der Waals surface area contributed by atoms with E-state index in [1.54, 1.807) is 23.7 Å². The van der Waals surface area contributed by atoms with Gasteiger partial charge in [-0.1, -0.05) is 0 Å². The third kappa shape index (κ3) is 1.73. The fourth-order valence-corrected chi connectivity index (χ4v) is 2.77. The second kappa shape index (κ2) is 3.81. The molecule has 1 unspecified atom stereocenters. The molecule has 0 bridgehead atoms. The molecular weight excluding hydrogens is 200 g/mol. The van der Waals surface area contributed by atoms with Crippen LogP contribution >= 0.6 is 11.8 Å². The first-order valence-electron chi connectivity index (χ1n) is 4.84.